The zero-order valence-electron chi connectivity index (χ0n) is 14.0. The molecular weight excluding hydrogens is 302 g/mol. The molecule has 2 aromatic heterocycles. The first-order valence-electron chi connectivity index (χ1n) is 8.36. The number of carbonyl (C=O) groups is 1. The number of rotatable bonds is 5. The second kappa shape index (κ2) is 7.77. The molecular formula is C18H23N5O. The van der Waals surface area contributed by atoms with Crippen LogP contribution in [0.4, 0.5) is 16.3 Å². The summed E-state index contributed by atoms with van der Waals surface area (Å²) in [5.41, 5.74) is 1.75. The maximum Gasteiger partial charge on any atom is 0.321 e. The molecule has 0 saturated carbocycles. The minimum absolute atomic E-state index is 0.126. The Morgan fingerprint density at radius 3 is 2.71 bits per heavy atom. The summed E-state index contributed by atoms with van der Waals surface area (Å²) in [4.78, 5) is 25.1. The van der Waals surface area contributed by atoms with Gasteiger partial charge in [0.1, 0.15) is 0 Å². The predicted molar refractivity (Wildman–Crippen MR) is 95.3 cm³/mol. The molecule has 3 rings (SSSR count). The smallest absolute Gasteiger partial charge is 0.321 e. The zero-order chi connectivity index (χ0) is 16.8. The number of aromatic nitrogens is 2. The first-order chi connectivity index (χ1) is 11.7. The second-order valence-corrected chi connectivity index (χ2v) is 5.99. The van der Waals surface area contributed by atoms with Crippen molar-refractivity contribution in [1.29, 1.82) is 0 Å². The minimum atomic E-state index is -0.126. The van der Waals surface area contributed by atoms with E-state index < -0.39 is 0 Å². The normalized spacial score (nSPS) is 13.8. The number of amides is 2. The molecule has 6 nitrogen and oxygen atoms in total. The number of nitrogens with one attached hydrogen (secondary N) is 1. The number of hydrogen-bond acceptors (Lipinski definition) is 4. The Labute approximate surface area is 142 Å². The highest BCUT2D eigenvalue weighted by Crippen LogP contribution is 2.26. The molecule has 24 heavy (non-hydrogen) atoms. The summed E-state index contributed by atoms with van der Waals surface area (Å²) in [5, 5.41) is 2.99. The lowest BCUT2D eigenvalue weighted by molar-refractivity contribution is 0.223. The maximum absolute atomic E-state index is 12.4. The highest BCUT2D eigenvalue weighted by atomic mass is 16.2. The van der Waals surface area contributed by atoms with Crippen molar-refractivity contribution in [1.82, 2.24) is 14.9 Å². The molecule has 1 N–H and O–H groups in total. The molecule has 0 atom stereocenters. The SMILES string of the molecule is CN(CCc1ccccn1)C(=O)Nc1cccnc1N1CCCC1. The van der Waals surface area contributed by atoms with Gasteiger partial charge in [0.25, 0.3) is 0 Å². The molecule has 1 saturated heterocycles. The average Bonchev–Trinajstić information content (AvgIpc) is 3.15. The van der Waals surface area contributed by atoms with E-state index in [0.29, 0.717) is 6.54 Å². The van der Waals surface area contributed by atoms with Gasteiger partial charge in [0, 0.05) is 51.2 Å². The van der Waals surface area contributed by atoms with Gasteiger partial charge >= 0.3 is 6.03 Å². The Bertz CT molecular complexity index is 670. The molecule has 0 bridgehead atoms. The van der Waals surface area contributed by atoms with Crippen molar-refractivity contribution in [3.05, 3.63) is 48.4 Å². The van der Waals surface area contributed by atoms with Gasteiger partial charge in [-0.3, -0.25) is 4.98 Å². The van der Waals surface area contributed by atoms with Crippen LogP contribution in [0.2, 0.25) is 0 Å². The topological polar surface area (TPSA) is 61.4 Å². The number of nitrogens with zero attached hydrogens (tertiary/aromatic N) is 4. The van der Waals surface area contributed by atoms with Crippen LogP contribution in [0.5, 0.6) is 0 Å². The fourth-order valence-corrected chi connectivity index (χ4v) is 2.82. The van der Waals surface area contributed by atoms with Gasteiger partial charge in [0.05, 0.1) is 5.69 Å². The van der Waals surface area contributed by atoms with Gasteiger partial charge in [0.2, 0.25) is 0 Å². The van der Waals surface area contributed by atoms with Crippen LogP contribution in [-0.4, -0.2) is 47.6 Å². The van der Waals surface area contributed by atoms with E-state index in [-0.39, 0.29) is 6.03 Å². The monoisotopic (exact) mass is 325 g/mol. The van der Waals surface area contributed by atoms with E-state index in [4.69, 9.17) is 0 Å². The first-order valence-corrected chi connectivity index (χ1v) is 8.36. The van der Waals surface area contributed by atoms with Crippen LogP contribution >= 0.6 is 0 Å². The van der Waals surface area contributed by atoms with Crippen molar-refractivity contribution in [2.75, 3.05) is 36.9 Å². The van der Waals surface area contributed by atoms with Crippen LogP contribution in [0, 0.1) is 0 Å². The molecule has 2 aromatic rings. The summed E-state index contributed by atoms with van der Waals surface area (Å²) in [5.74, 6) is 0.862. The third-order valence-corrected chi connectivity index (χ3v) is 4.21. The quantitative estimate of drug-likeness (QED) is 0.918. The summed E-state index contributed by atoms with van der Waals surface area (Å²) in [6.07, 6.45) is 6.63. The van der Waals surface area contributed by atoms with E-state index in [9.17, 15) is 4.79 Å². The van der Waals surface area contributed by atoms with Crippen LogP contribution < -0.4 is 10.2 Å². The number of urea groups is 1. The number of hydrogen-bond donors (Lipinski definition) is 1. The molecule has 1 aliphatic heterocycles. The summed E-state index contributed by atoms with van der Waals surface area (Å²) in [6.45, 7) is 2.60. The molecule has 0 aromatic carbocycles. The second-order valence-electron chi connectivity index (χ2n) is 5.99. The molecule has 0 spiro atoms. The molecule has 2 amide bonds. The first kappa shape index (κ1) is 16.2. The summed E-state index contributed by atoms with van der Waals surface area (Å²) in [7, 11) is 1.80. The molecule has 0 radical (unpaired) electrons. The van der Waals surface area contributed by atoms with E-state index in [1.54, 1.807) is 24.3 Å². The Kier molecular flexibility index (Phi) is 5.25. The Morgan fingerprint density at radius 1 is 1.17 bits per heavy atom. The van der Waals surface area contributed by atoms with E-state index in [1.165, 1.54) is 12.8 Å². The zero-order valence-corrected chi connectivity index (χ0v) is 14.0. The lowest BCUT2D eigenvalue weighted by Gasteiger charge is -2.22. The average molecular weight is 325 g/mol. The van der Waals surface area contributed by atoms with Crippen molar-refractivity contribution < 1.29 is 4.79 Å². The van der Waals surface area contributed by atoms with E-state index in [0.717, 1.165) is 36.7 Å². The summed E-state index contributed by atoms with van der Waals surface area (Å²) in [6, 6.07) is 9.45. The summed E-state index contributed by atoms with van der Waals surface area (Å²) < 4.78 is 0. The Balaban J connectivity index is 1.60. The van der Waals surface area contributed by atoms with Crippen LogP contribution in [0.3, 0.4) is 0 Å². The molecule has 126 valence electrons. The number of carbonyl (C=O) groups excluding carboxylic acids is 1. The third-order valence-electron chi connectivity index (χ3n) is 4.21. The Hall–Kier alpha value is -2.63. The van der Waals surface area contributed by atoms with Gasteiger partial charge in [-0.25, -0.2) is 9.78 Å². The van der Waals surface area contributed by atoms with Crippen molar-refractivity contribution in [3.63, 3.8) is 0 Å². The fraction of sp³-hybridized carbons (Fsp3) is 0.389. The van der Waals surface area contributed by atoms with Crippen molar-refractivity contribution in [3.8, 4) is 0 Å². The summed E-state index contributed by atoms with van der Waals surface area (Å²) >= 11 is 0. The maximum atomic E-state index is 12.4. The van der Waals surface area contributed by atoms with Crippen LogP contribution in [0.1, 0.15) is 18.5 Å². The molecule has 1 aliphatic rings. The highest BCUT2D eigenvalue weighted by molar-refractivity contribution is 5.92. The highest BCUT2D eigenvalue weighted by Gasteiger charge is 2.18. The molecule has 3 heterocycles. The van der Waals surface area contributed by atoms with Crippen molar-refractivity contribution >= 4 is 17.5 Å². The Morgan fingerprint density at radius 2 is 1.96 bits per heavy atom. The van der Waals surface area contributed by atoms with Crippen LogP contribution in [0.25, 0.3) is 0 Å². The van der Waals surface area contributed by atoms with Gasteiger partial charge in [-0.05, 0) is 37.1 Å². The lowest BCUT2D eigenvalue weighted by atomic mass is 10.2. The largest absolute Gasteiger partial charge is 0.355 e. The van der Waals surface area contributed by atoms with E-state index in [2.05, 4.69) is 20.2 Å². The van der Waals surface area contributed by atoms with Crippen LogP contribution in [-0.2, 0) is 6.42 Å². The molecule has 1 fully saturated rings. The van der Waals surface area contributed by atoms with E-state index in [1.807, 2.05) is 30.3 Å². The standard InChI is InChI=1S/C18H23N5O/c1-22(14-9-15-7-2-3-10-19-15)18(24)21-16-8-6-11-20-17(16)23-12-4-5-13-23/h2-3,6-8,10-11H,4-5,9,12-14H2,1H3,(H,21,24). The van der Waals surface area contributed by atoms with Gasteiger partial charge in [-0.1, -0.05) is 6.07 Å². The van der Waals surface area contributed by atoms with Gasteiger partial charge in [-0.2, -0.15) is 0 Å². The van der Waals surface area contributed by atoms with Crippen molar-refractivity contribution in [2.24, 2.45) is 0 Å². The third kappa shape index (κ3) is 4.01. The van der Waals surface area contributed by atoms with Crippen molar-refractivity contribution in [2.45, 2.75) is 19.3 Å². The molecule has 6 heteroatoms. The predicted octanol–water partition coefficient (Wildman–Crippen LogP) is 2.78. The number of likely N-dealkylation sites (N-methyl/N-ethyl adjacent to an activating group) is 1. The van der Waals surface area contributed by atoms with Gasteiger partial charge < -0.3 is 15.1 Å². The molecule has 0 aliphatic carbocycles. The minimum Gasteiger partial charge on any atom is -0.355 e. The number of anilines is 2. The van der Waals surface area contributed by atoms with Gasteiger partial charge in [-0.15, -0.1) is 0 Å². The van der Waals surface area contributed by atoms with Gasteiger partial charge in [0.15, 0.2) is 5.82 Å². The van der Waals surface area contributed by atoms with E-state index >= 15 is 0 Å². The lowest BCUT2D eigenvalue weighted by Crippen LogP contribution is -2.34. The molecule has 0 unspecified atom stereocenters. The van der Waals surface area contributed by atoms with Crippen LogP contribution in [0.15, 0.2) is 42.7 Å². The number of pyridine rings is 2. The fourth-order valence-electron chi connectivity index (χ4n) is 2.82.